The molecule has 0 bridgehead atoms. The highest BCUT2D eigenvalue weighted by molar-refractivity contribution is 5.69. The van der Waals surface area contributed by atoms with E-state index in [1.54, 1.807) is 0 Å². The highest BCUT2D eigenvalue weighted by atomic mass is 16.5. The van der Waals surface area contributed by atoms with Crippen molar-refractivity contribution in [3.05, 3.63) is 0 Å². The summed E-state index contributed by atoms with van der Waals surface area (Å²) in [4.78, 5) is 11.9. The van der Waals surface area contributed by atoms with Gasteiger partial charge in [-0.3, -0.25) is 4.79 Å². The Morgan fingerprint density at radius 2 is 1.34 bits per heavy atom. The Morgan fingerprint density at radius 1 is 0.724 bits per heavy atom. The third kappa shape index (κ3) is 7.28. The third-order valence-electron chi connectivity index (χ3n) is 8.68. The molecule has 0 amide bonds. The maximum Gasteiger partial charge on any atom is 0.306 e. The van der Waals surface area contributed by atoms with E-state index in [-0.39, 0.29) is 12.1 Å². The van der Waals surface area contributed by atoms with E-state index in [2.05, 4.69) is 13.8 Å². The molecule has 0 spiro atoms. The Hall–Kier alpha value is -0.530. The van der Waals surface area contributed by atoms with Gasteiger partial charge in [-0.25, -0.2) is 0 Å². The lowest BCUT2D eigenvalue weighted by molar-refractivity contribution is -0.151. The summed E-state index contributed by atoms with van der Waals surface area (Å²) in [5, 5.41) is 0. The standard InChI is InChI=1S/C27H48O2/c1-3-5-6-9-21-12-14-22(15-13-21)23-16-18-24(19-17-23)25-10-7-11-26(20-25)29-27(28)8-4-2/h21-26H,3-20H2,1-2H3/t21?,22?,23?,24?,25-,26+/m0/s1. The molecule has 0 unspecified atom stereocenters. The van der Waals surface area contributed by atoms with Crippen molar-refractivity contribution in [2.24, 2.45) is 29.6 Å². The minimum Gasteiger partial charge on any atom is -0.462 e. The van der Waals surface area contributed by atoms with Crippen molar-refractivity contribution in [2.45, 2.75) is 136 Å². The fourth-order valence-electron chi connectivity index (χ4n) is 6.88. The number of esters is 1. The van der Waals surface area contributed by atoms with Crippen LogP contribution in [-0.4, -0.2) is 12.1 Å². The van der Waals surface area contributed by atoms with Gasteiger partial charge in [-0.05, 0) is 100 Å². The number of hydrogen-bond donors (Lipinski definition) is 0. The van der Waals surface area contributed by atoms with Gasteiger partial charge >= 0.3 is 5.97 Å². The summed E-state index contributed by atoms with van der Waals surface area (Å²) in [7, 11) is 0. The first-order valence-electron chi connectivity index (χ1n) is 13.4. The quantitative estimate of drug-likeness (QED) is 0.287. The molecule has 2 heteroatoms. The lowest BCUT2D eigenvalue weighted by Crippen LogP contribution is -2.32. The smallest absolute Gasteiger partial charge is 0.306 e. The molecule has 0 aliphatic heterocycles. The van der Waals surface area contributed by atoms with E-state index in [1.807, 2.05) is 0 Å². The first-order chi connectivity index (χ1) is 14.2. The summed E-state index contributed by atoms with van der Waals surface area (Å²) in [5.74, 6) is 4.86. The van der Waals surface area contributed by atoms with Crippen LogP contribution in [0, 0.1) is 29.6 Å². The molecule has 2 nitrogen and oxygen atoms in total. The van der Waals surface area contributed by atoms with Crippen LogP contribution in [0.4, 0.5) is 0 Å². The molecule has 29 heavy (non-hydrogen) atoms. The molecule has 0 radical (unpaired) electrons. The molecule has 3 aliphatic rings. The van der Waals surface area contributed by atoms with Crippen molar-refractivity contribution in [2.75, 3.05) is 0 Å². The molecule has 3 fully saturated rings. The van der Waals surface area contributed by atoms with Gasteiger partial charge in [0, 0.05) is 6.42 Å². The summed E-state index contributed by atoms with van der Waals surface area (Å²) >= 11 is 0. The van der Waals surface area contributed by atoms with Crippen LogP contribution >= 0.6 is 0 Å². The van der Waals surface area contributed by atoms with Crippen LogP contribution in [0.25, 0.3) is 0 Å². The summed E-state index contributed by atoms with van der Waals surface area (Å²) in [6, 6.07) is 0. The van der Waals surface area contributed by atoms with Crippen molar-refractivity contribution in [1.82, 2.24) is 0 Å². The molecule has 0 N–H and O–H groups in total. The second kappa shape index (κ2) is 12.4. The number of carbonyl (C=O) groups excluding carboxylic acids is 1. The Labute approximate surface area is 180 Å². The van der Waals surface area contributed by atoms with Crippen LogP contribution in [0.1, 0.15) is 129 Å². The first kappa shape index (κ1) is 23.1. The normalized spacial score (nSPS) is 35.9. The highest BCUT2D eigenvalue weighted by Gasteiger charge is 2.35. The molecule has 3 saturated carbocycles. The molecular weight excluding hydrogens is 356 g/mol. The number of unbranched alkanes of at least 4 members (excludes halogenated alkanes) is 2. The van der Waals surface area contributed by atoms with Crippen molar-refractivity contribution >= 4 is 5.97 Å². The third-order valence-corrected chi connectivity index (χ3v) is 8.68. The van der Waals surface area contributed by atoms with E-state index in [1.165, 1.54) is 89.9 Å². The Morgan fingerprint density at radius 3 is 1.97 bits per heavy atom. The van der Waals surface area contributed by atoms with Crippen molar-refractivity contribution in [3.63, 3.8) is 0 Å². The molecule has 2 atom stereocenters. The average Bonchev–Trinajstić information content (AvgIpc) is 2.75. The van der Waals surface area contributed by atoms with Gasteiger partial charge in [0.1, 0.15) is 6.10 Å². The Bertz CT molecular complexity index is 457. The zero-order valence-corrected chi connectivity index (χ0v) is 19.5. The van der Waals surface area contributed by atoms with E-state index in [9.17, 15) is 4.79 Å². The van der Waals surface area contributed by atoms with Gasteiger partial charge in [-0.1, -0.05) is 52.4 Å². The van der Waals surface area contributed by atoms with E-state index >= 15 is 0 Å². The predicted molar refractivity (Wildman–Crippen MR) is 122 cm³/mol. The molecule has 0 aromatic heterocycles. The maximum absolute atomic E-state index is 11.9. The Balaban J connectivity index is 1.35. The van der Waals surface area contributed by atoms with E-state index in [0.29, 0.717) is 6.42 Å². The molecule has 168 valence electrons. The Kier molecular flexibility index (Phi) is 9.86. The molecule has 0 aromatic rings. The van der Waals surface area contributed by atoms with Crippen LogP contribution in [0.2, 0.25) is 0 Å². The number of hydrogen-bond acceptors (Lipinski definition) is 2. The monoisotopic (exact) mass is 404 g/mol. The second-order valence-corrected chi connectivity index (χ2v) is 10.7. The summed E-state index contributed by atoms with van der Waals surface area (Å²) in [5.41, 5.74) is 0. The van der Waals surface area contributed by atoms with Gasteiger partial charge in [0.2, 0.25) is 0 Å². The van der Waals surface area contributed by atoms with Gasteiger partial charge in [-0.15, -0.1) is 0 Å². The molecule has 0 aromatic carbocycles. The predicted octanol–water partition coefficient (Wildman–Crippen LogP) is 8.08. The number of ether oxygens (including phenoxy) is 1. The molecular formula is C27H48O2. The van der Waals surface area contributed by atoms with Crippen LogP contribution in [0.15, 0.2) is 0 Å². The van der Waals surface area contributed by atoms with Crippen molar-refractivity contribution in [1.29, 1.82) is 0 Å². The number of carbonyl (C=O) groups is 1. The van der Waals surface area contributed by atoms with Gasteiger partial charge in [0.15, 0.2) is 0 Å². The minimum atomic E-state index is 0.0344. The van der Waals surface area contributed by atoms with Crippen LogP contribution in [-0.2, 0) is 9.53 Å². The summed E-state index contributed by atoms with van der Waals surface area (Å²) in [6.45, 7) is 4.38. The van der Waals surface area contributed by atoms with E-state index in [4.69, 9.17) is 4.74 Å². The van der Waals surface area contributed by atoms with Crippen LogP contribution in [0.3, 0.4) is 0 Å². The van der Waals surface area contributed by atoms with Crippen LogP contribution < -0.4 is 0 Å². The maximum atomic E-state index is 11.9. The van der Waals surface area contributed by atoms with E-state index < -0.39 is 0 Å². The first-order valence-corrected chi connectivity index (χ1v) is 13.4. The van der Waals surface area contributed by atoms with Gasteiger partial charge in [-0.2, -0.15) is 0 Å². The molecule has 3 rings (SSSR count). The van der Waals surface area contributed by atoms with Crippen LogP contribution in [0.5, 0.6) is 0 Å². The largest absolute Gasteiger partial charge is 0.462 e. The fourth-order valence-corrected chi connectivity index (χ4v) is 6.88. The minimum absolute atomic E-state index is 0.0344. The second-order valence-electron chi connectivity index (χ2n) is 10.7. The van der Waals surface area contributed by atoms with Crippen molar-refractivity contribution < 1.29 is 9.53 Å². The zero-order chi connectivity index (χ0) is 20.5. The van der Waals surface area contributed by atoms with E-state index in [0.717, 1.165) is 48.9 Å². The van der Waals surface area contributed by atoms with Crippen molar-refractivity contribution in [3.8, 4) is 0 Å². The number of rotatable bonds is 9. The SMILES string of the molecule is CCCCCC1CCC(C2CCC([C@H]3CCC[C@@H](OC(=O)CCC)C3)CC2)CC1. The summed E-state index contributed by atoms with van der Waals surface area (Å²) in [6.07, 6.45) is 24.3. The molecule has 0 saturated heterocycles. The summed E-state index contributed by atoms with van der Waals surface area (Å²) < 4.78 is 5.78. The highest BCUT2D eigenvalue weighted by Crippen LogP contribution is 2.46. The van der Waals surface area contributed by atoms with Gasteiger partial charge < -0.3 is 4.74 Å². The lowest BCUT2D eigenvalue weighted by Gasteiger charge is -2.41. The average molecular weight is 405 g/mol. The topological polar surface area (TPSA) is 26.3 Å². The molecule has 3 aliphatic carbocycles. The fraction of sp³-hybridized carbons (Fsp3) is 0.963. The molecule has 0 heterocycles. The van der Waals surface area contributed by atoms with Gasteiger partial charge in [0.05, 0.1) is 0 Å². The van der Waals surface area contributed by atoms with Gasteiger partial charge in [0.25, 0.3) is 0 Å². The zero-order valence-electron chi connectivity index (χ0n) is 19.5. The lowest BCUT2D eigenvalue weighted by atomic mass is 9.65.